The van der Waals surface area contributed by atoms with Crippen molar-refractivity contribution in [2.45, 2.75) is 12.6 Å². The number of hydrogen-bond acceptors (Lipinski definition) is 9. The number of nitriles is 1. The third-order valence-corrected chi connectivity index (χ3v) is 8.34. The molecule has 5 aromatic rings. The van der Waals surface area contributed by atoms with E-state index in [4.69, 9.17) is 14.8 Å². The summed E-state index contributed by atoms with van der Waals surface area (Å²) in [6.45, 7) is 5.25. The summed E-state index contributed by atoms with van der Waals surface area (Å²) in [5.41, 5.74) is 5.85. The Kier molecular flexibility index (Phi) is 7.03. The second-order valence-electron chi connectivity index (χ2n) is 11.0. The van der Waals surface area contributed by atoms with Crippen LogP contribution in [0.25, 0.3) is 27.8 Å². The van der Waals surface area contributed by atoms with Crippen LogP contribution in [0.5, 0.6) is 5.88 Å². The van der Waals surface area contributed by atoms with Gasteiger partial charge in [-0.1, -0.05) is 6.07 Å². The van der Waals surface area contributed by atoms with E-state index in [-0.39, 0.29) is 6.04 Å². The molecule has 1 N–H and O–H groups in total. The van der Waals surface area contributed by atoms with Crippen LogP contribution in [0.15, 0.2) is 67.5 Å². The summed E-state index contributed by atoms with van der Waals surface area (Å²) in [4.78, 5) is 26.4. The molecule has 0 atom stereocenters. The van der Waals surface area contributed by atoms with Crippen molar-refractivity contribution in [3.05, 3.63) is 78.6 Å². The van der Waals surface area contributed by atoms with Gasteiger partial charge in [-0.3, -0.25) is 9.58 Å². The van der Waals surface area contributed by atoms with Gasteiger partial charge < -0.3 is 19.6 Å². The molecule has 7 rings (SSSR count). The van der Waals surface area contributed by atoms with E-state index in [1.807, 2.05) is 53.7 Å². The Morgan fingerprint density at radius 3 is 2.50 bits per heavy atom. The zero-order valence-corrected chi connectivity index (χ0v) is 24.1. The van der Waals surface area contributed by atoms with E-state index in [1.165, 1.54) is 4.90 Å². The first-order valence-corrected chi connectivity index (χ1v) is 14.4. The molecule has 0 unspecified atom stereocenters. The van der Waals surface area contributed by atoms with Crippen molar-refractivity contribution in [1.29, 1.82) is 5.26 Å². The summed E-state index contributed by atoms with van der Waals surface area (Å²) in [5, 5.41) is 27.9. The van der Waals surface area contributed by atoms with E-state index in [2.05, 4.69) is 37.1 Å². The van der Waals surface area contributed by atoms with Crippen LogP contribution in [0.2, 0.25) is 0 Å². The summed E-state index contributed by atoms with van der Waals surface area (Å²) >= 11 is 0. The lowest BCUT2D eigenvalue weighted by Gasteiger charge is -2.36. The fourth-order valence-corrected chi connectivity index (χ4v) is 5.80. The number of nitrogens with zero attached hydrogens (tertiary/aromatic N) is 10. The molecule has 44 heavy (non-hydrogen) atoms. The second kappa shape index (κ2) is 11.3. The molecule has 2 fully saturated rings. The summed E-state index contributed by atoms with van der Waals surface area (Å²) in [6.07, 6.45) is 9.96. The fraction of sp³-hybridized carbons (Fsp3) is 0.290. The number of anilines is 1. The number of likely N-dealkylation sites (tertiary alicyclic amines) is 1. The minimum atomic E-state index is -0.917. The predicted molar refractivity (Wildman–Crippen MR) is 161 cm³/mol. The Labute approximate surface area is 253 Å². The SMILES string of the molecule is COc1ccc(CN2CCN(c3ccc(-c4cc(-c5cnn(C6CN(C(=O)O)C6)c5)cn5ncc(C#N)c45)cn3)CC2)cn1. The summed E-state index contributed by atoms with van der Waals surface area (Å²) < 4.78 is 8.70. The Bertz CT molecular complexity index is 1840. The van der Waals surface area contributed by atoms with Gasteiger partial charge in [-0.15, -0.1) is 0 Å². The number of hydrogen-bond donors (Lipinski definition) is 1. The van der Waals surface area contributed by atoms with Gasteiger partial charge in [0, 0.05) is 98.9 Å². The molecule has 0 aliphatic carbocycles. The molecule has 0 radical (unpaired) electrons. The smallest absolute Gasteiger partial charge is 0.407 e. The number of rotatable bonds is 7. The van der Waals surface area contributed by atoms with Crippen molar-refractivity contribution in [2.75, 3.05) is 51.3 Å². The number of fused-ring (bicyclic) bond motifs is 1. The zero-order valence-electron chi connectivity index (χ0n) is 24.1. The molecule has 5 aromatic heterocycles. The highest BCUT2D eigenvalue weighted by Crippen LogP contribution is 2.33. The molecule has 222 valence electrons. The molecule has 1 amide bonds. The van der Waals surface area contributed by atoms with Gasteiger partial charge in [-0.2, -0.15) is 15.5 Å². The van der Waals surface area contributed by atoms with Crippen molar-refractivity contribution < 1.29 is 14.6 Å². The molecule has 13 nitrogen and oxygen atoms in total. The van der Waals surface area contributed by atoms with Gasteiger partial charge in [0.25, 0.3) is 0 Å². The van der Waals surface area contributed by atoms with E-state index in [0.717, 1.165) is 71.9 Å². The van der Waals surface area contributed by atoms with Crippen molar-refractivity contribution in [2.24, 2.45) is 0 Å². The Morgan fingerprint density at radius 2 is 1.82 bits per heavy atom. The Morgan fingerprint density at radius 1 is 0.977 bits per heavy atom. The van der Waals surface area contributed by atoms with Gasteiger partial charge in [0.05, 0.1) is 36.6 Å². The highest BCUT2D eigenvalue weighted by molar-refractivity contribution is 5.87. The average Bonchev–Trinajstić information content (AvgIpc) is 3.68. The molecular weight excluding hydrogens is 560 g/mol. The Hall–Kier alpha value is -5.48. The maximum Gasteiger partial charge on any atom is 0.407 e. The largest absolute Gasteiger partial charge is 0.481 e. The van der Waals surface area contributed by atoms with Crippen LogP contribution in [-0.2, 0) is 6.54 Å². The van der Waals surface area contributed by atoms with Crippen LogP contribution < -0.4 is 9.64 Å². The lowest BCUT2D eigenvalue weighted by molar-refractivity contribution is 0.0812. The highest BCUT2D eigenvalue weighted by atomic mass is 16.5. The van der Waals surface area contributed by atoms with E-state index >= 15 is 0 Å². The number of amides is 1. The molecule has 0 spiro atoms. The first-order valence-electron chi connectivity index (χ1n) is 14.4. The summed E-state index contributed by atoms with van der Waals surface area (Å²) in [6, 6.07) is 12.3. The molecule has 2 saturated heterocycles. The van der Waals surface area contributed by atoms with E-state index < -0.39 is 6.09 Å². The predicted octanol–water partition coefficient (Wildman–Crippen LogP) is 3.39. The van der Waals surface area contributed by atoms with Gasteiger partial charge in [0.1, 0.15) is 11.9 Å². The number of carboxylic acid groups (broad SMARTS) is 1. The lowest BCUT2D eigenvalue weighted by Crippen LogP contribution is -2.50. The normalized spacial score (nSPS) is 15.7. The highest BCUT2D eigenvalue weighted by Gasteiger charge is 2.32. The minimum Gasteiger partial charge on any atom is -0.481 e. The van der Waals surface area contributed by atoms with Crippen LogP contribution in [0, 0.1) is 11.3 Å². The van der Waals surface area contributed by atoms with Crippen molar-refractivity contribution in [3.63, 3.8) is 0 Å². The van der Waals surface area contributed by atoms with Crippen LogP contribution in [-0.4, -0.2) is 96.7 Å². The third-order valence-electron chi connectivity index (χ3n) is 8.34. The molecule has 0 saturated carbocycles. The standard InChI is InChI=1S/C31H30N10O3/c1-44-29-5-2-21(12-34-29)16-37-6-8-38(9-7-37)28-4-3-22(13-33-28)27-10-23(17-41-30(27)24(11-32)14-36-41)25-15-35-40(18-25)26-19-39(20-26)31(42)43/h2-5,10,12-15,17-18,26H,6-9,16,19-20H2,1H3,(H,42,43). The Balaban J connectivity index is 1.09. The monoisotopic (exact) mass is 590 g/mol. The van der Waals surface area contributed by atoms with Crippen molar-refractivity contribution in [1.82, 2.24) is 39.2 Å². The molecule has 13 heteroatoms. The van der Waals surface area contributed by atoms with Crippen LogP contribution in [0.1, 0.15) is 17.2 Å². The molecule has 2 aliphatic heterocycles. The summed E-state index contributed by atoms with van der Waals surface area (Å²) in [7, 11) is 1.62. The first kappa shape index (κ1) is 27.4. The molecule has 0 aromatic carbocycles. The molecule has 0 bridgehead atoms. The van der Waals surface area contributed by atoms with Gasteiger partial charge in [-0.25, -0.2) is 19.3 Å². The zero-order chi connectivity index (χ0) is 30.2. The van der Waals surface area contributed by atoms with E-state index in [9.17, 15) is 10.1 Å². The maximum atomic E-state index is 11.2. The number of carbonyl (C=O) groups is 1. The number of pyridine rings is 3. The third kappa shape index (κ3) is 5.16. The molecular formula is C31H30N10O3. The van der Waals surface area contributed by atoms with Gasteiger partial charge >= 0.3 is 6.09 Å². The number of ether oxygens (including phenoxy) is 1. The number of methoxy groups -OCH3 is 1. The first-order chi connectivity index (χ1) is 21.5. The molecule has 2 aliphatic rings. The van der Waals surface area contributed by atoms with Gasteiger partial charge in [-0.05, 0) is 23.8 Å². The minimum absolute atomic E-state index is 0.0102. The van der Waals surface area contributed by atoms with Crippen LogP contribution in [0.4, 0.5) is 10.6 Å². The van der Waals surface area contributed by atoms with Crippen molar-refractivity contribution >= 4 is 17.4 Å². The van der Waals surface area contributed by atoms with Gasteiger partial charge in [0.2, 0.25) is 5.88 Å². The van der Waals surface area contributed by atoms with Crippen LogP contribution in [0.3, 0.4) is 0 Å². The van der Waals surface area contributed by atoms with Crippen molar-refractivity contribution in [3.8, 4) is 34.2 Å². The van der Waals surface area contributed by atoms with E-state index in [1.54, 1.807) is 24.0 Å². The van der Waals surface area contributed by atoms with Gasteiger partial charge in [0.15, 0.2) is 0 Å². The number of piperazine rings is 1. The maximum absolute atomic E-state index is 11.2. The quantitative estimate of drug-likeness (QED) is 0.300. The number of aromatic nitrogens is 6. The lowest BCUT2D eigenvalue weighted by atomic mass is 10.0. The van der Waals surface area contributed by atoms with Crippen LogP contribution >= 0.6 is 0 Å². The fourth-order valence-electron chi connectivity index (χ4n) is 5.80. The molecule has 7 heterocycles. The second-order valence-corrected chi connectivity index (χ2v) is 11.0. The topological polar surface area (TPSA) is 141 Å². The van der Waals surface area contributed by atoms with E-state index in [0.29, 0.717) is 24.5 Å². The average molecular weight is 591 g/mol. The summed E-state index contributed by atoms with van der Waals surface area (Å²) in [5.74, 6) is 1.53.